The Kier molecular flexibility index (Phi) is 3.63. The van der Waals surface area contributed by atoms with Crippen LogP contribution in [0.5, 0.6) is 0 Å². The van der Waals surface area contributed by atoms with Crippen LogP contribution in [0, 0.1) is 0 Å². The number of halogens is 1. The summed E-state index contributed by atoms with van der Waals surface area (Å²) in [6.07, 6.45) is 0. The fraction of sp³-hybridized carbons (Fsp3) is 0.200. The van der Waals surface area contributed by atoms with Gasteiger partial charge >= 0.3 is 0 Å². The van der Waals surface area contributed by atoms with Crippen molar-refractivity contribution in [3.63, 3.8) is 0 Å². The summed E-state index contributed by atoms with van der Waals surface area (Å²) in [7, 11) is 0. The van der Waals surface area contributed by atoms with Crippen molar-refractivity contribution in [2.24, 2.45) is 0 Å². The highest BCUT2D eigenvalue weighted by molar-refractivity contribution is 9.10. The summed E-state index contributed by atoms with van der Waals surface area (Å²) in [6, 6.07) is 7.42. The van der Waals surface area contributed by atoms with Crippen LogP contribution in [0.2, 0.25) is 0 Å². The average Bonchev–Trinajstić information content (AvgIpc) is 2.26. The molecule has 1 aliphatic heterocycles. The fourth-order valence-electron chi connectivity index (χ4n) is 1.20. The van der Waals surface area contributed by atoms with Gasteiger partial charge in [0, 0.05) is 9.37 Å². The molecule has 1 fully saturated rings. The van der Waals surface area contributed by atoms with E-state index in [-0.39, 0.29) is 25.0 Å². The van der Waals surface area contributed by atoms with Gasteiger partial charge in [-0.05, 0) is 40.0 Å². The first-order valence-electron chi connectivity index (χ1n) is 4.54. The monoisotopic (exact) mass is 301 g/mol. The lowest BCUT2D eigenvalue weighted by molar-refractivity contribution is -0.150. The zero-order valence-corrected chi connectivity index (χ0v) is 10.6. The van der Waals surface area contributed by atoms with E-state index < -0.39 is 0 Å². The first-order valence-corrected chi connectivity index (χ1v) is 6.11. The number of nitrogens with zero attached hydrogens (tertiary/aromatic N) is 1. The fourth-order valence-corrected chi connectivity index (χ4v) is 2.50. The summed E-state index contributed by atoms with van der Waals surface area (Å²) in [5, 5.41) is 0. The summed E-state index contributed by atoms with van der Waals surface area (Å²) in [6.45, 7) is -0.0770. The molecule has 0 N–H and O–H groups in total. The van der Waals surface area contributed by atoms with E-state index >= 15 is 0 Å². The predicted molar refractivity (Wildman–Crippen MR) is 62.7 cm³/mol. The van der Waals surface area contributed by atoms with E-state index in [9.17, 15) is 9.59 Å². The number of hydrogen-bond acceptors (Lipinski definition) is 4. The molecule has 2 rings (SSSR count). The molecular formula is C10H8BrNO3S. The largest absolute Gasteiger partial charge is 0.362 e. The molecule has 0 aliphatic carbocycles. The summed E-state index contributed by atoms with van der Waals surface area (Å²) in [5.41, 5.74) is 0. The molecule has 0 saturated carbocycles. The minimum Gasteiger partial charge on any atom is -0.362 e. The van der Waals surface area contributed by atoms with Crippen LogP contribution >= 0.6 is 27.9 Å². The topological polar surface area (TPSA) is 46.6 Å². The Bertz CT molecular complexity index is 422. The second-order valence-electron chi connectivity index (χ2n) is 3.10. The van der Waals surface area contributed by atoms with Crippen molar-refractivity contribution in [3.8, 4) is 0 Å². The van der Waals surface area contributed by atoms with Crippen molar-refractivity contribution >= 4 is 39.7 Å². The minimum absolute atomic E-state index is 0.0385. The van der Waals surface area contributed by atoms with Gasteiger partial charge in [-0.15, -0.1) is 0 Å². The van der Waals surface area contributed by atoms with Gasteiger partial charge in [-0.2, -0.15) is 0 Å². The van der Waals surface area contributed by atoms with Crippen LogP contribution in [0.4, 0.5) is 0 Å². The van der Waals surface area contributed by atoms with Crippen LogP contribution in [-0.2, 0) is 14.3 Å². The maximum absolute atomic E-state index is 11.5. The molecule has 1 aliphatic rings. The number of benzene rings is 1. The van der Waals surface area contributed by atoms with Gasteiger partial charge in [0.2, 0.25) is 0 Å². The average molecular weight is 302 g/mol. The van der Waals surface area contributed by atoms with Crippen molar-refractivity contribution < 1.29 is 14.3 Å². The Balaban J connectivity index is 2.17. The minimum atomic E-state index is -0.322. The lowest BCUT2D eigenvalue weighted by Gasteiger charge is -2.23. The normalized spacial score (nSPS) is 16.7. The molecule has 6 heteroatoms. The van der Waals surface area contributed by atoms with Gasteiger partial charge in [-0.1, -0.05) is 12.1 Å². The summed E-state index contributed by atoms with van der Waals surface area (Å²) in [5.74, 6) is -0.644. The Morgan fingerprint density at radius 2 is 1.81 bits per heavy atom. The number of amides is 2. The quantitative estimate of drug-likeness (QED) is 0.618. The highest BCUT2D eigenvalue weighted by Gasteiger charge is 2.28. The molecule has 1 aromatic rings. The van der Waals surface area contributed by atoms with Crippen molar-refractivity contribution in [2.45, 2.75) is 4.90 Å². The van der Waals surface area contributed by atoms with Gasteiger partial charge in [-0.3, -0.25) is 9.59 Å². The van der Waals surface area contributed by atoms with Gasteiger partial charge in [0.15, 0.2) is 0 Å². The lowest BCUT2D eigenvalue weighted by Crippen LogP contribution is -2.41. The van der Waals surface area contributed by atoms with Gasteiger partial charge < -0.3 is 4.74 Å². The lowest BCUT2D eigenvalue weighted by atomic mass is 10.4. The number of carbonyl (C=O) groups is 2. The van der Waals surface area contributed by atoms with Crippen LogP contribution in [0.25, 0.3) is 0 Å². The highest BCUT2D eigenvalue weighted by atomic mass is 79.9. The van der Waals surface area contributed by atoms with Crippen molar-refractivity contribution in [1.82, 2.24) is 4.31 Å². The smallest absolute Gasteiger partial charge is 0.265 e. The molecule has 0 radical (unpaired) electrons. The van der Waals surface area contributed by atoms with E-state index in [0.717, 1.165) is 25.6 Å². The van der Waals surface area contributed by atoms with E-state index in [2.05, 4.69) is 15.9 Å². The SMILES string of the molecule is O=C1COCC(=O)N1Sc1ccccc1Br. The Hall–Kier alpha value is -0.850. The van der Waals surface area contributed by atoms with Gasteiger partial charge in [0.1, 0.15) is 13.2 Å². The van der Waals surface area contributed by atoms with Crippen molar-refractivity contribution in [3.05, 3.63) is 28.7 Å². The summed E-state index contributed by atoms with van der Waals surface area (Å²) in [4.78, 5) is 23.8. The number of carbonyl (C=O) groups excluding carboxylic acids is 2. The van der Waals surface area contributed by atoms with Crippen LogP contribution in [-0.4, -0.2) is 29.3 Å². The van der Waals surface area contributed by atoms with Crippen LogP contribution in [0.1, 0.15) is 0 Å². The second-order valence-corrected chi connectivity index (χ2v) is 4.94. The van der Waals surface area contributed by atoms with Gasteiger partial charge in [-0.25, -0.2) is 4.31 Å². The Labute approximate surface area is 105 Å². The number of morpholine rings is 1. The highest BCUT2D eigenvalue weighted by Crippen LogP contribution is 2.30. The van der Waals surface area contributed by atoms with Crippen LogP contribution < -0.4 is 0 Å². The molecular weight excluding hydrogens is 294 g/mol. The molecule has 16 heavy (non-hydrogen) atoms. The van der Waals surface area contributed by atoms with E-state index in [4.69, 9.17) is 4.74 Å². The third-order valence-electron chi connectivity index (χ3n) is 1.93. The van der Waals surface area contributed by atoms with E-state index in [1.54, 1.807) is 0 Å². The molecule has 1 aromatic carbocycles. The van der Waals surface area contributed by atoms with Gasteiger partial charge in [0.25, 0.3) is 11.8 Å². The van der Waals surface area contributed by atoms with Gasteiger partial charge in [0.05, 0.1) is 0 Å². The first kappa shape index (κ1) is 11.6. The molecule has 0 bridgehead atoms. The molecule has 0 atom stereocenters. The zero-order chi connectivity index (χ0) is 11.5. The number of ether oxygens (including phenoxy) is 1. The summed E-state index contributed by atoms with van der Waals surface area (Å²) >= 11 is 4.48. The Morgan fingerprint density at radius 1 is 1.19 bits per heavy atom. The molecule has 2 amide bonds. The number of imide groups is 1. The van der Waals surface area contributed by atoms with Crippen LogP contribution in [0.15, 0.2) is 33.6 Å². The molecule has 84 valence electrons. The Morgan fingerprint density at radius 3 is 2.44 bits per heavy atom. The standard InChI is InChI=1S/C10H8BrNO3S/c11-7-3-1-2-4-8(7)16-12-9(13)5-15-6-10(12)14/h1-4H,5-6H2. The molecule has 0 unspecified atom stereocenters. The number of rotatable bonds is 2. The molecule has 4 nitrogen and oxygen atoms in total. The molecule has 0 aromatic heterocycles. The van der Waals surface area contributed by atoms with Crippen molar-refractivity contribution in [1.29, 1.82) is 0 Å². The zero-order valence-electron chi connectivity index (χ0n) is 8.18. The summed E-state index contributed by atoms with van der Waals surface area (Å²) < 4.78 is 6.82. The molecule has 1 saturated heterocycles. The molecule has 1 heterocycles. The number of hydrogen-bond donors (Lipinski definition) is 0. The third-order valence-corrected chi connectivity index (χ3v) is 4.03. The van der Waals surface area contributed by atoms with E-state index in [0.29, 0.717) is 0 Å². The predicted octanol–water partition coefficient (Wildman–Crippen LogP) is 1.84. The van der Waals surface area contributed by atoms with Crippen molar-refractivity contribution in [2.75, 3.05) is 13.2 Å². The third kappa shape index (κ3) is 2.45. The van der Waals surface area contributed by atoms with E-state index in [1.165, 1.54) is 0 Å². The first-order chi connectivity index (χ1) is 7.68. The maximum Gasteiger partial charge on any atom is 0.265 e. The second kappa shape index (κ2) is 4.99. The molecule has 0 spiro atoms. The maximum atomic E-state index is 11.5. The van der Waals surface area contributed by atoms with E-state index in [1.807, 2.05) is 24.3 Å². The van der Waals surface area contributed by atoms with Crippen LogP contribution in [0.3, 0.4) is 0 Å².